The molecule has 1 nitrogen and oxygen atoms in total. The first-order valence-electron chi connectivity index (χ1n) is 5.26. The highest BCUT2D eigenvalue weighted by molar-refractivity contribution is 4.74. The van der Waals surface area contributed by atoms with E-state index < -0.39 is 12.6 Å². The molecule has 84 valence electrons. The van der Waals surface area contributed by atoms with E-state index in [4.69, 9.17) is 0 Å². The van der Waals surface area contributed by atoms with E-state index in [1.165, 1.54) is 0 Å². The second kappa shape index (κ2) is 5.01. The molecule has 1 rings (SSSR count). The minimum atomic E-state index is -3.98. The van der Waals surface area contributed by atoms with E-state index in [9.17, 15) is 13.2 Å². The zero-order valence-electron chi connectivity index (χ0n) is 8.53. The molecule has 0 aromatic carbocycles. The van der Waals surface area contributed by atoms with Crippen molar-refractivity contribution in [1.82, 2.24) is 5.32 Å². The molecule has 1 aliphatic rings. The van der Waals surface area contributed by atoms with Gasteiger partial charge >= 0.3 is 6.18 Å². The fourth-order valence-electron chi connectivity index (χ4n) is 2.04. The molecule has 1 N–H and O–H groups in total. The lowest BCUT2D eigenvalue weighted by Crippen LogP contribution is -2.31. The van der Waals surface area contributed by atoms with E-state index in [1.807, 2.05) is 6.92 Å². The predicted octanol–water partition coefficient (Wildman–Crippen LogP) is 2.96. The van der Waals surface area contributed by atoms with E-state index >= 15 is 0 Å². The summed E-state index contributed by atoms with van der Waals surface area (Å²) >= 11 is 0. The Kier molecular flexibility index (Phi) is 4.23. The number of hydrogen-bond acceptors (Lipinski definition) is 1. The monoisotopic (exact) mass is 209 g/mol. The van der Waals surface area contributed by atoms with Crippen molar-refractivity contribution in [3.05, 3.63) is 0 Å². The molecule has 0 aromatic rings. The lowest BCUT2D eigenvalue weighted by molar-refractivity contribution is -0.138. The number of halogens is 3. The summed E-state index contributed by atoms with van der Waals surface area (Å²) in [7, 11) is 0. The number of hydrogen-bond donors (Lipinski definition) is 1. The van der Waals surface area contributed by atoms with Crippen molar-refractivity contribution in [3.8, 4) is 0 Å². The molecular formula is C10H18F3N. The van der Waals surface area contributed by atoms with E-state index in [1.54, 1.807) is 0 Å². The third kappa shape index (κ3) is 4.31. The second-order valence-corrected chi connectivity index (χ2v) is 4.22. The molecule has 0 aromatic heterocycles. The van der Waals surface area contributed by atoms with Crippen LogP contribution < -0.4 is 5.32 Å². The summed E-state index contributed by atoms with van der Waals surface area (Å²) in [5.41, 5.74) is 0. The highest BCUT2D eigenvalue weighted by Crippen LogP contribution is 2.30. The molecule has 0 amide bonds. The van der Waals surface area contributed by atoms with Crippen molar-refractivity contribution in [2.24, 2.45) is 11.8 Å². The van der Waals surface area contributed by atoms with Gasteiger partial charge in [-0.15, -0.1) is 0 Å². The number of rotatable bonds is 3. The third-order valence-electron chi connectivity index (χ3n) is 3.07. The maximum Gasteiger partial charge on any atom is 0.389 e. The Morgan fingerprint density at radius 3 is 2.36 bits per heavy atom. The fourth-order valence-corrected chi connectivity index (χ4v) is 2.04. The van der Waals surface area contributed by atoms with Gasteiger partial charge in [0.25, 0.3) is 0 Å². The Bertz CT molecular complexity index is 161. The number of alkyl halides is 3. The zero-order valence-corrected chi connectivity index (χ0v) is 8.53. The van der Waals surface area contributed by atoms with Gasteiger partial charge in [0.1, 0.15) is 0 Å². The van der Waals surface area contributed by atoms with E-state index in [0.29, 0.717) is 5.92 Å². The van der Waals surface area contributed by atoms with Crippen LogP contribution in [0, 0.1) is 11.8 Å². The van der Waals surface area contributed by atoms with E-state index in [0.717, 1.165) is 25.9 Å². The van der Waals surface area contributed by atoms with Crippen LogP contribution in [0.4, 0.5) is 13.2 Å². The first-order chi connectivity index (χ1) is 6.49. The van der Waals surface area contributed by atoms with Gasteiger partial charge in [-0.3, -0.25) is 0 Å². The van der Waals surface area contributed by atoms with Crippen molar-refractivity contribution in [3.63, 3.8) is 0 Å². The first kappa shape index (κ1) is 11.8. The zero-order chi connectivity index (χ0) is 10.6. The van der Waals surface area contributed by atoms with Crippen LogP contribution in [0.1, 0.15) is 32.6 Å². The van der Waals surface area contributed by atoms with E-state index in [2.05, 4.69) is 5.32 Å². The van der Waals surface area contributed by atoms with Gasteiger partial charge in [-0.05, 0) is 44.2 Å². The number of piperidine rings is 1. The van der Waals surface area contributed by atoms with Crippen LogP contribution in [0.5, 0.6) is 0 Å². The van der Waals surface area contributed by atoms with Gasteiger partial charge in [-0.25, -0.2) is 0 Å². The third-order valence-corrected chi connectivity index (χ3v) is 3.07. The Morgan fingerprint density at radius 1 is 1.29 bits per heavy atom. The molecule has 1 aliphatic heterocycles. The maximum absolute atomic E-state index is 12.0. The topological polar surface area (TPSA) is 12.0 Å². The Labute approximate surface area is 83.1 Å². The summed E-state index contributed by atoms with van der Waals surface area (Å²) in [4.78, 5) is 0. The van der Waals surface area contributed by atoms with Gasteiger partial charge in [-0.1, -0.05) is 6.92 Å². The molecule has 1 heterocycles. The molecule has 0 radical (unpaired) electrons. The molecule has 1 atom stereocenters. The van der Waals surface area contributed by atoms with Crippen LogP contribution in [0.25, 0.3) is 0 Å². The van der Waals surface area contributed by atoms with Crippen LogP contribution >= 0.6 is 0 Å². The van der Waals surface area contributed by atoms with Crippen molar-refractivity contribution in [2.75, 3.05) is 13.1 Å². The van der Waals surface area contributed by atoms with Crippen LogP contribution in [-0.2, 0) is 0 Å². The lowest BCUT2D eigenvalue weighted by atomic mass is 9.83. The van der Waals surface area contributed by atoms with Crippen LogP contribution in [0.15, 0.2) is 0 Å². The molecule has 1 fully saturated rings. The Hall–Kier alpha value is -0.250. The summed E-state index contributed by atoms with van der Waals surface area (Å²) in [5.74, 6) is 0.692. The van der Waals surface area contributed by atoms with Crippen molar-refractivity contribution in [1.29, 1.82) is 0 Å². The van der Waals surface area contributed by atoms with Crippen LogP contribution in [0.3, 0.4) is 0 Å². The molecular weight excluding hydrogens is 191 g/mol. The van der Waals surface area contributed by atoms with Gasteiger partial charge in [0, 0.05) is 6.42 Å². The predicted molar refractivity (Wildman–Crippen MR) is 50.0 cm³/mol. The van der Waals surface area contributed by atoms with Crippen molar-refractivity contribution in [2.45, 2.75) is 38.8 Å². The van der Waals surface area contributed by atoms with Gasteiger partial charge in [0.2, 0.25) is 0 Å². The molecule has 1 saturated heterocycles. The summed E-state index contributed by atoms with van der Waals surface area (Å²) in [6.45, 7) is 3.86. The summed E-state index contributed by atoms with van der Waals surface area (Å²) < 4.78 is 35.9. The Morgan fingerprint density at radius 2 is 1.86 bits per heavy atom. The van der Waals surface area contributed by atoms with Gasteiger partial charge in [-0.2, -0.15) is 13.2 Å². The highest BCUT2D eigenvalue weighted by atomic mass is 19.4. The fraction of sp³-hybridized carbons (Fsp3) is 1.00. The second-order valence-electron chi connectivity index (χ2n) is 4.22. The SMILES string of the molecule is CC(CCC(F)(F)F)C1CCNCC1. The molecule has 14 heavy (non-hydrogen) atoms. The minimum Gasteiger partial charge on any atom is -0.317 e. The van der Waals surface area contributed by atoms with Gasteiger partial charge in [0.15, 0.2) is 0 Å². The largest absolute Gasteiger partial charge is 0.389 e. The summed E-state index contributed by atoms with van der Waals surface area (Å²) in [6.07, 6.45) is -2.27. The molecule has 1 unspecified atom stereocenters. The first-order valence-corrected chi connectivity index (χ1v) is 5.26. The average Bonchev–Trinajstić information content (AvgIpc) is 2.14. The Balaban J connectivity index is 2.23. The van der Waals surface area contributed by atoms with Gasteiger partial charge in [0.05, 0.1) is 0 Å². The minimum absolute atomic E-state index is 0.207. The molecule has 0 bridgehead atoms. The molecule has 0 spiro atoms. The number of nitrogens with one attached hydrogen (secondary N) is 1. The standard InChI is InChI=1S/C10H18F3N/c1-8(2-5-10(11,12)13)9-3-6-14-7-4-9/h8-9,14H,2-7H2,1H3. The van der Waals surface area contributed by atoms with E-state index in [-0.39, 0.29) is 12.3 Å². The van der Waals surface area contributed by atoms with Crippen molar-refractivity contribution < 1.29 is 13.2 Å². The summed E-state index contributed by atoms with van der Waals surface area (Å²) in [6, 6.07) is 0. The summed E-state index contributed by atoms with van der Waals surface area (Å²) in [5, 5.41) is 3.22. The highest BCUT2D eigenvalue weighted by Gasteiger charge is 2.29. The average molecular weight is 209 g/mol. The lowest BCUT2D eigenvalue weighted by Gasteiger charge is -2.28. The smallest absolute Gasteiger partial charge is 0.317 e. The van der Waals surface area contributed by atoms with Crippen LogP contribution in [-0.4, -0.2) is 19.3 Å². The van der Waals surface area contributed by atoms with Gasteiger partial charge < -0.3 is 5.32 Å². The maximum atomic E-state index is 12.0. The van der Waals surface area contributed by atoms with Crippen LogP contribution in [0.2, 0.25) is 0 Å². The molecule has 0 aliphatic carbocycles. The van der Waals surface area contributed by atoms with Crippen molar-refractivity contribution >= 4 is 0 Å². The molecule has 4 heteroatoms. The quantitative estimate of drug-likeness (QED) is 0.753. The molecule has 0 saturated carbocycles. The normalized spacial score (nSPS) is 22.3.